The van der Waals surface area contributed by atoms with E-state index >= 15 is 0 Å². The fraction of sp³-hybridized carbons (Fsp3) is 0.389. The molecule has 1 fully saturated rings. The maximum absolute atomic E-state index is 11.9. The Balaban J connectivity index is 1.47. The fourth-order valence-electron chi connectivity index (χ4n) is 2.92. The number of nitrogens with one attached hydrogen (secondary N) is 2. The molecule has 122 valence electrons. The molecule has 0 radical (unpaired) electrons. The third-order valence-corrected chi connectivity index (χ3v) is 5.05. The number of para-hydroxylation sites is 1. The molecule has 2 heterocycles. The van der Waals surface area contributed by atoms with Gasteiger partial charge in [0.2, 0.25) is 0 Å². The van der Waals surface area contributed by atoms with Crippen molar-refractivity contribution in [2.45, 2.75) is 25.8 Å². The van der Waals surface area contributed by atoms with E-state index in [-0.39, 0.29) is 6.03 Å². The van der Waals surface area contributed by atoms with Crippen molar-refractivity contribution < 1.29 is 4.79 Å². The molecule has 1 aliphatic rings. The van der Waals surface area contributed by atoms with Gasteiger partial charge in [-0.3, -0.25) is 0 Å². The number of nitrogens with zero attached hydrogens (tertiary/aromatic N) is 1. The zero-order chi connectivity index (χ0) is 15.9. The van der Waals surface area contributed by atoms with Crippen molar-refractivity contribution in [3.8, 4) is 0 Å². The van der Waals surface area contributed by atoms with Crippen LogP contribution in [0.2, 0.25) is 0 Å². The molecule has 0 aliphatic carbocycles. The summed E-state index contributed by atoms with van der Waals surface area (Å²) in [7, 11) is 0. The Bertz CT molecular complexity index is 621. The molecule has 3 rings (SSSR count). The topological polar surface area (TPSA) is 44.4 Å². The third kappa shape index (κ3) is 4.48. The van der Waals surface area contributed by atoms with Gasteiger partial charge in [0.25, 0.3) is 0 Å². The summed E-state index contributed by atoms with van der Waals surface area (Å²) < 4.78 is 0. The number of hydrogen-bond donors (Lipinski definition) is 2. The Labute approximate surface area is 141 Å². The van der Waals surface area contributed by atoms with Gasteiger partial charge in [0, 0.05) is 36.7 Å². The average molecular weight is 329 g/mol. The van der Waals surface area contributed by atoms with Gasteiger partial charge in [-0.15, -0.1) is 11.3 Å². The largest absolute Gasteiger partial charge is 0.371 e. The second-order valence-corrected chi connectivity index (χ2v) is 6.79. The van der Waals surface area contributed by atoms with E-state index in [4.69, 9.17) is 0 Å². The first-order valence-corrected chi connectivity index (χ1v) is 9.08. The van der Waals surface area contributed by atoms with Crippen molar-refractivity contribution >= 4 is 23.1 Å². The summed E-state index contributed by atoms with van der Waals surface area (Å²) in [6.07, 6.45) is 3.39. The van der Waals surface area contributed by atoms with Gasteiger partial charge in [-0.2, -0.15) is 0 Å². The summed E-state index contributed by atoms with van der Waals surface area (Å²) in [6, 6.07) is 12.4. The van der Waals surface area contributed by atoms with E-state index < -0.39 is 0 Å². The van der Waals surface area contributed by atoms with Gasteiger partial charge >= 0.3 is 6.03 Å². The van der Waals surface area contributed by atoms with Crippen LogP contribution in [0.5, 0.6) is 0 Å². The fourth-order valence-corrected chi connectivity index (χ4v) is 3.63. The van der Waals surface area contributed by atoms with Gasteiger partial charge in [-0.25, -0.2) is 4.79 Å². The van der Waals surface area contributed by atoms with Crippen LogP contribution in [0.25, 0.3) is 0 Å². The summed E-state index contributed by atoms with van der Waals surface area (Å²) in [4.78, 5) is 15.6. The highest BCUT2D eigenvalue weighted by Crippen LogP contribution is 2.24. The Morgan fingerprint density at radius 3 is 2.70 bits per heavy atom. The van der Waals surface area contributed by atoms with Crippen LogP contribution in [0.4, 0.5) is 10.5 Å². The van der Waals surface area contributed by atoms with E-state index in [1.165, 1.54) is 29.0 Å². The van der Waals surface area contributed by atoms with Crippen LogP contribution in [0.1, 0.15) is 23.3 Å². The lowest BCUT2D eigenvalue weighted by atomic mass is 10.1. The molecule has 0 bridgehead atoms. The van der Waals surface area contributed by atoms with Gasteiger partial charge in [0.1, 0.15) is 0 Å². The lowest BCUT2D eigenvalue weighted by molar-refractivity contribution is 0.240. The first kappa shape index (κ1) is 15.9. The van der Waals surface area contributed by atoms with Gasteiger partial charge in [-0.05, 0) is 42.3 Å². The van der Waals surface area contributed by atoms with Crippen LogP contribution in [-0.4, -0.2) is 25.7 Å². The van der Waals surface area contributed by atoms with Crippen molar-refractivity contribution in [1.29, 1.82) is 0 Å². The molecular weight excluding hydrogens is 306 g/mol. The van der Waals surface area contributed by atoms with E-state index in [2.05, 4.69) is 45.2 Å². The van der Waals surface area contributed by atoms with E-state index in [9.17, 15) is 4.79 Å². The van der Waals surface area contributed by atoms with E-state index in [0.717, 1.165) is 19.5 Å². The highest BCUT2D eigenvalue weighted by Gasteiger charge is 2.15. The number of thiophene rings is 1. The molecular formula is C18H23N3OS. The van der Waals surface area contributed by atoms with Crippen LogP contribution in [0.15, 0.2) is 41.8 Å². The maximum Gasteiger partial charge on any atom is 0.315 e. The first-order valence-electron chi connectivity index (χ1n) is 8.20. The summed E-state index contributed by atoms with van der Waals surface area (Å²) in [6.45, 7) is 3.46. The van der Waals surface area contributed by atoms with Gasteiger partial charge in [0.15, 0.2) is 0 Å². The lowest BCUT2D eigenvalue weighted by Gasteiger charge is -2.21. The van der Waals surface area contributed by atoms with Crippen molar-refractivity contribution in [2.75, 3.05) is 24.5 Å². The molecule has 0 spiro atoms. The minimum atomic E-state index is -0.0993. The average Bonchev–Trinajstić information content (AvgIpc) is 3.27. The predicted octanol–water partition coefficient (Wildman–Crippen LogP) is 3.39. The minimum Gasteiger partial charge on any atom is -0.371 e. The number of hydrogen-bond acceptors (Lipinski definition) is 3. The lowest BCUT2D eigenvalue weighted by Crippen LogP contribution is -2.36. The summed E-state index contributed by atoms with van der Waals surface area (Å²) in [5, 5.41) is 7.95. The zero-order valence-corrected chi connectivity index (χ0v) is 14.1. The Morgan fingerprint density at radius 1 is 1.09 bits per heavy atom. The van der Waals surface area contributed by atoms with Crippen molar-refractivity contribution in [1.82, 2.24) is 10.6 Å². The summed E-state index contributed by atoms with van der Waals surface area (Å²) >= 11 is 1.72. The van der Waals surface area contributed by atoms with Gasteiger partial charge in [0.05, 0.1) is 0 Å². The molecule has 2 N–H and O–H groups in total. The first-order chi connectivity index (χ1) is 11.3. The Hall–Kier alpha value is -2.01. The van der Waals surface area contributed by atoms with Gasteiger partial charge < -0.3 is 15.5 Å². The molecule has 1 saturated heterocycles. The number of amides is 2. The number of rotatable bonds is 6. The predicted molar refractivity (Wildman–Crippen MR) is 96.2 cm³/mol. The third-order valence-electron chi connectivity index (χ3n) is 4.11. The van der Waals surface area contributed by atoms with E-state index in [1.807, 2.05) is 12.1 Å². The highest BCUT2D eigenvalue weighted by molar-refractivity contribution is 7.09. The second-order valence-electron chi connectivity index (χ2n) is 5.76. The summed E-state index contributed by atoms with van der Waals surface area (Å²) in [5.41, 5.74) is 2.44. The zero-order valence-electron chi connectivity index (χ0n) is 13.3. The Kier molecular flexibility index (Phi) is 5.53. The van der Waals surface area contributed by atoms with Crippen LogP contribution >= 0.6 is 11.3 Å². The number of anilines is 1. The molecule has 2 amide bonds. The maximum atomic E-state index is 11.9. The van der Waals surface area contributed by atoms with Gasteiger partial charge in [-0.1, -0.05) is 24.3 Å². The molecule has 0 atom stereocenters. The monoisotopic (exact) mass is 329 g/mol. The molecule has 2 aromatic rings. The van der Waals surface area contributed by atoms with Crippen molar-refractivity contribution in [2.24, 2.45) is 0 Å². The van der Waals surface area contributed by atoms with Crippen LogP contribution in [0.3, 0.4) is 0 Å². The molecule has 1 aliphatic heterocycles. The van der Waals surface area contributed by atoms with E-state index in [0.29, 0.717) is 13.1 Å². The van der Waals surface area contributed by atoms with Crippen LogP contribution < -0.4 is 15.5 Å². The molecule has 0 saturated carbocycles. The standard InChI is InChI=1S/C18H23N3OS/c22-18(19-10-9-16-7-5-13-23-16)20-14-15-6-1-2-8-17(15)21-11-3-4-12-21/h1-2,5-8,13H,3-4,9-12,14H2,(H2,19,20,22). The highest BCUT2D eigenvalue weighted by atomic mass is 32.1. The molecule has 1 aromatic heterocycles. The molecule has 4 nitrogen and oxygen atoms in total. The number of urea groups is 1. The summed E-state index contributed by atoms with van der Waals surface area (Å²) in [5.74, 6) is 0. The van der Waals surface area contributed by atoms with E-state index in [1.54, 1.807) is 11.3 Å². The molecule has 5 heteroatoms. The molecule has 0 unspecified atom stereocenters. The quantitative estimate of drug-likeness (QED) is 0.853. The second kappa shape index (κ2) is 8.02. The SMILES string of the molecule is O=C(NCCc1cccs1)NCc1ccccc1N1CCCC1. The Morgan fingerprint density at radius 2 is 1.91 bits per heavy atom. The van der Waals surface area contributed by atoms with Crippen molar-refractivity contribution in [3.05, 3.63) is 52.2 Å². The number of benzene rings is 1. The molecule has 1 aromatic carbocycles. The van der Waals surface area contributed by atoms with Crippen LogP contribution in [0, 0.1) is 0 Å². The normalized spacial score (nSPS) is 14.0. The molecule has 23 heavy (non-hydrogen) atoms. The number of carbonyl (C=O) groups excluding carboxylic acids is 1. The number of carbonyl (C=O) groups is 1. The smallest absolute Gasteiger partial charge is 0.315 e. The van der Waals surface area contributed by atoms with Crippen molar-refractivity contribution in [3.63, 3.8) is 0 Å². The van der Waals surface area contributed by atoms with Crippen LogP contribution in [-0.2, 0) is 13.0 Å². The minimum absolute atomic E-state index is 0.0993.